The lowest BCUT2D eigenvalue weighted by atomic mass is 10.1. The Hall–Kier alpha value is -2.32. The molecule has 0 bridgehead atoms. The lowest BCUT2D eigenvalue weighted by Crippen LogP contribution is -2.30. The van der Waals surface area contributed by atoms with E-state index in [1.165, 1.54) is 9.87 Å². The van der Waals surface area contributed by atoms with Gasteiger partial charge in [0.1, 0.15) is 0 Å². The molecule has 30 heavy (non-hydrogen) atoms. The van der Waals surface area contributed by atoms with E-state index in [0.29, 0.717) is 6.54 Å². The molecular weight excluding hydrogens is 416 g/mol. The van der Waals surface area contributed by atoms with Gasteiger partial charge in [0, 0.05) is 12.3 Å². The number of nitrogens with zero attached hydrogens (tertiary/aromatic N) is 3. The van der Waals surface area contributed by atoms with Crippen molar-refractivity contribution in [2.75, 3.05) is 22.4 Å². The maximum atomic E-state index is 12.3. The summed E-state index contributed by atoms with van der Waals surface area (Å²) in [7, 11) is -3.22. The van der Waals surface area contributed by atoms with Crippen molar-refractivity contribution in [3.8, 4) is 0 Å². The van der Waals surface area contributed by atoms with Crippen LogP contribution in [0.2, 0.25) is 0 Å². The topological polar surface area (TPSA) is 74.1 Å². The van der Waals surface area contributed by atoms with Gasteiger partial charge in [0.05, 0.1) is 22.8 Å². The Morgan fingerprint density at radius 3 is 2.77 bits per heavy atom. The first-order chi connectivity index (χ1) is 14.4. The van der Waals surface area contributed by atoms with E-state index in [0.717, 1.165) is 57.5 Å². The number of rotatable bonds is 5. The van der Waals surface area contributed by atoms with Gasteiger partial charge in [-0.3, -0.25) is 9.73 Å². The minimum Gasteiger partial charge on any atom is -0.270 e. The second kappa shape index (κ2) is 8.43. The fraction of sp³-hybridized carbons (Fsp3) is 0.364. The third-order valence-electron chi connectivity index (χ3n) is 5.51. The fourth-order valence-electron chi connectivity index (χ4n) is 3.78. The SMILES string of the molecule is CCc1cccc(C)c1N=C1NN=C(c2ccc3c(c2)CCN3S(=O)(=O)CC)CS1. The van der Waals surface area contributed by atoms with Gasteiger partial charge >= 0.3 is 0 Å². The number of nitrogens with one attached hydrogen (secondary N) is 1. The highest BCUT2D eigenvalue weighted by Gasteiger charge is 2.28. The number of para-hydroxylation sites is 1. The zero-order valence-corrected chi connectivity index (χ0v) is 19.1. The standard InChI is InChI=1S/C22H26N4O2S2/c1-4-16-8-6-7-15(3)21(16)23-22-25-24-19(14-29-22)17-9-10-20-18(13-17)11-12-26(20)30(27,28)5-2/h6-10,13H,4-5,11-12,14H2,1-3H3,(H,23,25). The third-order valence-corrected chi connectivity index (χ3v) is 8.17. The van der Waals surface area contributed by atoms with Crippen molar-refractivity contribution in [3.05, 3.63) is 58.7 Å². The predicted molar refractivity (Wildman–Crippen MR) is 127 cm³/mol. The molecule has 0 saturated carbocycles. The number of hydrogen-bond acceptors (Lipinski definition) is 5. The molecule has 0 unspecified atom stereocenters. The largest absolute Gasteiger partial charge is 0.270 e. The molecule has 2 aromatic carbocycles. The van der Waals surface area contributed by atoms with Crippen molar-refractivity contribution in [1.29, 1.82) is 0 Å². The highest BCUT2D eigenvalue weighted by molar-refractivity contribution is 8.14. The van der Waals surface area contributed by atoms with Crippen LogP contribution in [0, 0.1) is 6.92 Å². The molecule has 0 spiro atoms. The molecule has 0 amide bonds. The molecule has 158 valence electrons. The summed E-state index contributed by atoms with van der Waals surface area (Å²) in [6, 6.07) is 12.2. The molecule has 2 aromatic rings. The van der Waals surface area contributed by atoms with Crippen LogP contribution in [-0.2, 0) is 22.9 Å². The average molecular weight is 443 g/mol. The van der Waals surface area contributed by atoms with Crippen molar-refractivity contribution >= 4 is 44.0 Å². The van der Waals surface area contributed by atoms with Gasteiger partial charge in [-0.05, 0) is 61.1 Å². The number of hydrogen-bond donors (Lipinski definition) is 1. The number of anilines is 1. The monoisotopic (exact) mass is 442 g/mol. The van der Waals surface area contributed by atoms with E-state index >= 15 is 0 Å². The molecule has 2 heterocycles. The highest BCUT2D eigenvalue weighted by atomic mass is 32.2. The molecule has 0 aliphatic carbocycles. The van der Waals surface area contributed by atoms with Gasteiger partial charge in [-0.2, -0.15) is 5.10 Å². The number of aryl methyl sites for hydroxylation is 2. The van der Waals surface area contributed by atoms with Gasteiger partial charge in [-0.1, -0.05) is 43.0 Å². The maximum Gasteiger partial charge on any atom is 0.234 e. The number of amidine groups is 1. The van der Waals surface area contributed by atoms with Crippen molar-refractivity contribution in [2.45, 2.75) is 33.6 Å². The number of thioether (sulfide) groups is 1. The summed E-state index contributed by atoms with van der Waals surface area (Å²) in [4.78, 5) is 4.81. The molecule has 2 aliphatic heterocycles. The van der Waals surface area contributed by atoms with Crippen LogP contribution in [0.4, 0.5) is 11.4 Å². The summed E-state index contributed by atoms with van der Waals surface area (Å²) >= 11 is 1.63. The zero-order chi connectivity index (χ0) is 21.3. The minimum atomic E-state index is -3.22. The van der Waals surface area contributed by atoms with Crippen LogP contribution in [0.5, 0.6) is 0 Å². The normalized spacial score (nSPS) is 17.6. The smallest absolute Gasteiger partial charge is 0.234 e. The van der Waals surface area contributed by atoms with Crippen molar-refractivity contribution in [2.24, 2.45) is 10.1 Å². The number of fused-ring (bicyclic) bond motifs is 1. The van der Waals surface area contributed by atoms with Crippen LogP contribution in [0.15, 0.2) is 46.5 Å². The molecule has 0 aromatic heterocycles. The van der Waals surface area contributed by atoms with E-state index in [4.69, 9.17) is 4.99 Å². The summed E-state index contributed by atoms with van der Waals surface area (Å²) in [5, 5.41) is 5.35. The van der Waals surface area contributed by atoms with E-state index in [9.17, 15) is 8.42 Å². The van der Waals surface area contributed by atoms with Crippen LogP contribution in [0.3, 0.4) is 0 Å². The Balaban J connectivity index is 1.55. The summed E-state index contributed by atoms with van der Waals surface area (Å²) in [6.07, 6.45) is 1.67. The summed E-state index contributed by atoms with van der Waals surface area (Å²) in [6.45, 7) is 6.41. The predicted octanol–water partition coefficient (Wildman–Crippen LogP) is 4.00. The van der Waals surface area contributed by atoms with E-state index < -0.39 is 10.0 Å². The van der Waals surface area contributed by atoms with Crippen molar-refractivity contribution in [3.63, 3.8) is 0 Å². The van der Waals surface area contributed by atoms with E-state index in [2.05, 4.69) is 48.6 Å². The van der Waals surface area contributed by atoms with Crippen molar-refractivity contribution < 1.29 is 8.42 Å². The molecule has 0 saturated heterocycles. The van der Waals surface area contributed by atoms with Crippen LogP contribution in [0.1, 0.15) is 36.1 Å². The molecule has 6 nitrogen and oxygen atoms in total. The Kier molecular flexibility index (Phi) is 5.88. The first kappa shape index (κ1) is 20.9. The van der Waals surface area contributed by atoms with Gasteiger partial charge < -0.3 is 0 Å². The molecule has 1 N–H and O–H groups in total. The summed E-state index contributed by atoms with van der Waals surface area (Å²) < 4.78 is 26.1. The lowest BCUT2D eigenvalue weighted by Gasteiger charge is -2.19. The average Bonchev–Trinajstić information content (AvgIpc) is 3.20. The highest BCUT2D eigenvalue weighted by Crippen LogP contribution is 2.32. The Bertz CT molecular complexity index is 1140. The van der Waals surface area contributed by atoms with Crippen LogP contribution >= 0.6 is 11.8 Å². The minimum absolute atomic E-state index is 0.115. The van der Waals surface area contributed by atoms with Gasteiger partial charge in [0.25, 0.3) is 0 Å². The van der Waals surface area contributed by atoms with Crippen LogP contribution in [-0.4, -0.2) is 37.3 Å². The number of aliphatic imine (C=N–C) groups is 1. The number of benzene rings is 2. The molecule has 0 fully saturated rings. The molecular formula is C22H26N4O2S2. The van der Waals surface area contributed by atoms with Crippen LogP contribution < -0.4 is 9.73 Å². The van der Waals surface area contributed by atoms with Gasteiger partial charge in [0.15, 0.2) is 5.17 Å². The maximum absolute atomic E-state index is 12.3. The molecule has 2 aliphatic rings. The van der Waals surface area contributed by atoms with Gasteiger partial charge in [-0.15, -0.1) is 0 Å². The Morgan fingerprint density at radius 1 is 1.23 bits per heavy atom. The molecule has 0 atom stereocenters. The second-order valence-electron chi connectivity index (χ2n) is 7.38. The van der Waals surface area contributed by atoms with Crippen molar-refractivity contribution in [1.82, 2.24) is 5.43 Å². The van der Waals surface area contributed by atoms with E-state index in [-0.39, 0.29) is 5.75 Å². The number of hydrazone groups is 1. The first-order valence-corrected chi connectivity index (χ1v) is 12.8. The fourth-order valence-corrected chi connectivity index (χ4v) is 5.71. The van der Waals surface area contributed by atoms with Gasteiger partial charge in [0.2, 0.25) is 10.0 Å². The second-order valence-corrected chi connectivity index (χ2v) is 10.5. The first-order valence-electron chi connectivity index (χ1n) is 10.2. The quantitative estimate of drug-likeness (QED) is 0.760. The third kappa shape index (κ3) is 3.98. The van der Waals surface area contributed by atoms with E-state index in [1.54, 1.807) is 18.7 Å². The van der Waals surface area contributed by atoms with E-state index in [1.807, 2.05) is 12.1 Å². The van der Waals surface area contributed by atoms with Gasteiger partial charge in [-0.25, -0.2) is 13.4 Å². The Morgan fingerprint density at radius 2 is 2.07 bits per heavy atom. The summed E-state index contributed by atoms with van der Waals surface area (Å²) in [5.41, 5.74) is 10.3. The molecule has 8 heteroatoms. The zero-order valence-electron chi connectivity index (χ0n) is 17.5. The molecule has 0 radical (unpaired) electrons. The Labute approximate surface area is 182 Å². The molecule has 4 rings (SSSR count). The lowest BCUT2D eigenvalue weighted by molar-refractivity contribution is 0.593. The summed E-state index contributed by atoms with van der Waals surface area (Å²) in [5.74, 6) is 0.832. The number of sulfonamides is 1. The van der Waals surface area contributed by atoms with Crippen LogP contribution in [0.25, 0.3) is 0 Å².